The van der Waals surface area contributed by atoms with Crippen molar-refractivity contribution in [3.05, 3.63) is 72.0 Å². The van der Waals surface area contributed by atoms with Crippen molar-refractivity contribution in [3.63, 3.8) is 0 Å². The highest BCUT2D eigenvalue weighted by atomic mass is 16.5. The van der Waals surface area contributed by atoms with Crippen LogP contribution in [0.2, 0.25) is 0 Å². The molecule has 1 amide bonds. The maximum Gasteiger partial charge on any atom is 0.246 e. The molecule has 0 bridgehead atoms. The van der Waals surface area contributed by atoms with Crippen molar-refractivity contribution < 1.29 is 13.9 Å². The molecule has 1 saturated heterocycles. The zero-order valence-corrected chi connectivity index (χ0v) is 19.5. The number of nitrogens with zero attached hydrogens (tertiary/aromatic N) is 1. The predicted octanol–water partition coefficient (Wildman–Crippen LogP) is 6.99. The number of furan rings is 1. The Morgan fingerprint density at radius 2 is 1.85 bits per heavy atom. The average molecular weight is 440 g/mol. The molecule has 0 radical (unpaired) electrons. The highest BCUT2D eigenvalue weighted by molar-refractivity contribution is 6.02. The smallest absolute Gasteiger partial charge is 0.246 e. The van der Waals surface area contributed by atoms with Gasteiger partial charge in [-0.15, -0.1) is 0 Å². The first kappa shape index (κ1) is 21.3. The quantitative estimate of drug-likeness (QED) is 0.315. The molecular weight excluding hydrogens is 410 g/mol. The van der Waals surface area contributed by atoms with Gasteiger partial charge in [0.25, 0.3) is 0 Å². The first-order chi connectivity index (χ1) is 16.1. The Bertz CT molecular complexity index is 1370. The lowest BCUT2D eigenvalue weighted by molar-refractivity contribution is -0.124. The Hall–Kier alpha value is -3.53. The largest absolute Gasteiger partial charge is 0.493 e. The number of amides is 1. The number of hydrogen-bond donors (Lipinski definition) is 0. The Morgan fingerprint density at radius 1 is 1.09 bits per heavy atom. The van der Waals surface area contributed by atoms with Crippen LogP contribution in [0, 0.1) is 6.92 Å². The van der Waals surface area contributed by atoms with Crippen molar-refractivity contribution in [2.24, 2.45) is 0 Å². The Labute approximate surface area is 194 Å². The van der Waals surface area contributed by atoms with E-state index in [-0.39, 0.29) is 5.91 Å². The van der Waals surface area contributed by atoms with E-state index in [4.69, 9.17) is 9.15 Å². The van der Waals surface area contributed by atoms with Gasteiger partial charge in [-0.1, -0.05) is 36.4 Å². The molecule has 0 aliphatic carbocycles. The van der Waals surface area contributed by atoms with Crippen LogP contribution in [0.15, 0.2) is 65.3 Å². The van der Waals surface area contributed by atoms with E-state index in [0.717, 1.165) is 70.5 Å². The second-order valence-corrected chi connectivity index (χ2v) is 8.76. The minimum Gasteiger partial charge on any atom is -0.493 e. The Morgan fingerprint density at radius 3 is 2.61 bits per heavy atom. The van der Waals surface area contributed by atoms with Gasteiger partial charge in [-0.05, 0) is 67.7 Å². The number of carbonyl (C=O) groups excluding carboxylic acids is 1. The van der Waals surface area contributed by atoms with E-state index in [1.165, 1.54) is 10.8 Å². The zero-order valence-electron chi connectivity index (χ0n) is 19.5. The van der Waals surface area contributed by atoms with E-state index in [2.05, 4.69) is 48.5 Å². The van der Waals surface area contributed by atoms with Crippen LogP contribution in [0.5, 0.6) is 5.75 Å². The highest BCUT2D eigenvalue weighted by Crippen LogP contribution is 2.41. The number of ether oxygens (including phenoxy) is 1. The number of benzene rings is 3. The predicted molar refractivity (Wildman–Crippen MR) is 135 cm³/mol. The van der Waals surface area contributed by atoms with E-state index in [1.807, 2.05) is 31.9 Å². The van der Waals surface area contributed by atoms with Crippen LogP contribution in [0.3, 0.4) is 0 Å². The van der Waals surface area contributed by atoms with Crippen LogP contribution in [0.25, 0.3) is 38.4 Å². The normalized spacial score (nSPS) is 14.4. The third-order valence-corrected chi connectivity index (χ3v) is 6.58. The van der Waals surface area contributed by atoms with E-state index >= 15 is 0 Å². The molecule has 1 aromatic heterocycles. The van der Waals surface area contributed by atoms with Crippen molar-refractivity contribution >= 4 is 33.2 Å². The zero-order chi connectivity index (χ0) is 22.9. The van der Waals surface area contributed by atoms with E-state index in [1.54, 1.807) is 6.08 Å². The number of allylic oxidation sites excluding steroid dienone is 1. The van der Waals surface area contributed by atoms with Crippen LogP contribution >= 0.6 is 0 Å². The molecule has 0 atom stereocenters. The van der Waals surface area contributed by atoms with Gasteiger partial charge in [0.2, 0.25) is 5.91 Å². The first-order valence-corrected chi connectivity index (χ1v) is 11.7. The molecule has 1 aliphatic heterocycles. The summed E-state index contributed by atoms with van der Waals surface area (Å²) in [5.74, 6) is 0.861. The molecule has 1 aliphatic rings. The van der Waals surface area contributed by atoms with Gasteiger partial charge < -0.3 is 14.1 Å². The van der Waals surface area contributed by atoms with Crippen LogP contribution in [-0.2, 0) is 4.79 Å². The highest BCUT2D eigenvalue weighted by Gasteiger charge is 2.21. The molecule has 0 spiro atoms. The fraction of sp³-hybridized carbons (Fsp3) is 0.276. The average Bonchev–Trinajstić information content (AvgIpc) is 3.51. The lowest BCUT2D eigenvalue weighted by Gasteiger charge is -2.16. The molecule has 0 N–H and O–H groups in total. The van der Waals surface area contributed by atoms with E-state index in [9.17, 15) is 4.79 Å². The number of rotatable bonds is 5. The third kappa shape index (κ3) is 3.91. The molecule has 0 saturated carbocycles. The Balaban J connectivity index is 1.65. The standard InChI is InChI=1S/C29H29NO3/c1-4-32-28-20(3)29-25(17-24(28)19(2)15-27(31)30-13-7-8-14-30)26(18-33-29)23-12-11-21-9-5-6-10-22(21)16-23/h5-6,9-12,15-18H,4,7-8,13-14H2,1-3H3/b19-15+. The SMILES string of the molecule is CCOc1c(/C(C)=C/C(=O)N2CCCC2)cc2c(-c3ccc4ccccc4c3)coc2c1C. The number of carbonyl (C=O) groups is 1. The summed E-state index contributed by atoms with van der Waals surface area (Å²) >= 11 is 0. The van der Waals surface area contributed by atoms with Crippen molar-refractivity contribution in [3.8, 4) is 16.9 Å². The van der Waals surface area contributed by atoms with Crippen molar-refractivity contribution in [1.82, 2.24) is 4.90 Å². The van der Waals surface area contributed by atoms with Crippen LogP contribution in [0.4, 0.5) is 0 Å². The van der Waals surface area contributed by atoms with E-state index in [0.29, 0.717) is 6.61 Å². The van der Waals surface area contributed by atoms with Crippen molar-refractivity contribution in [2.45, 2.75) is 33.6 Å². The molecule has 4 heteroatoms. The number of fused-ring (bicyclic) bond motifs is 2. The molecule has 33 heavy (non-hydrogen) atoms. The summed E-state index contributed by atoms with van der Waals surface area (Å²) in [6.45, 7) is 8.22. The summed E-state index contributed by atoms with van der Waals surface area (Å²) in [6.07, 6.45) is 5.75. The summed E-state index contributed by atoms with van der Waals surface area (Å²) < 4.78 is 12.1. The van der Waals surface area contributed by atoms with Gasteiger partial charge in [-0.3, -0.25) is 4.79 Å². The first-order valence-electron chi connectivity index (χ1n) is 11.7. The lowest BCUT2D eigenvalue weighted by Crippen LogP contribution is -2.25. The van der Waals surface area contributed by atoms with Crippen molar-refractivity contribution in [2.75, 3.05) is 19.7 Å². The van der Waals surface area contributed by atoms with E-state index < -0.39 is 0 Å². The Kier molecular flexibility index (Phi) is 5.67. The van der Waals surface area contributed by atoms with Gasteiger partial charge in [0.05, 0.1) is 12.9 Å². The second-order valence-electron chi connectivity index (χ2n) is 8.76. The fourth-order valence-electron chi connectivity index (χ4n) is 4.81. The van der Waals surface area contributed by atoms with Crippen LogP contribution in [-0.4, -0.2) is 30.5 Å². The van der Waals surface area contributed by atoms with Gasteiger partial charge in [0.15, 0.2) is 0 Å². The molecule has 3 aromatic carbocycles. The summed E-state index contributed by atoms with van der Waals surface area (Å²) in [7, 11) is 0. The van der Waals surface area contributed by atoms with Gasteiger partial charge in [0.1, 0.15) is 11.3 Å². The van der Waals surface area contributed by atoms with Gasteiger partial charge >= 0.3 is 0 Å². The lowest BCUT2D eigenvalue weighted by atomic mass is 9.95. The second kappa shape index (κ2) is 8.78. The minimum absolute atomic E-state index is 0.0761. The third-order valence-electron chi connectivity index (χ3n) is 6.58. The van der Waals surface area contributed by atoms with Gasteiger partial charge in [-0.25, -0.2) is 0 Å². The monoisotopic (exact) mass is 439 g/mol. The summed E-state index contributed by atoms with van der Waals surface area (Å²) in [5.41, 5.74) is 5.78. The molecule has 1 fully saturated rings. The summed E-state index contributed by atoms with van der Waals surface area (Å²) in [5, 5.41) is 3.44. The molecule has 0 unspecified atom stereocenters. The fourth-order valence-corrected chi connectivity index (χ4v) is 4.81. The topological polar surface area (TPSA) is 42.7 Å². The molecular formula is C29H29NO3. The summed E-state index contributed by atoms with van der Waals surface area (Å²) in [6, 6.07) is 17.0. The van der Waals surface area contributed by atoms with Gasteiger partial charge in [0, 0.05) is 41.2 Å². The number of likely N-dealkylation sites (tertiary alicyclic amines) is 1. The minimum atomic E-state index is 0.0761. The number of aryl methyl sites for hydroxylation is 1. The maximum absolute atomic E-state index is 12.8. The maximum atomic E-state index is 12.8. The molecule has 4 nitrogen and oxygen atoms in total. The van der Waals surface area contributed by atoms with Crippen LogP contribution < -0.4 is 4.74 Å². The van der Waals surface area contributed by atoms with Gasteiger partial charge in [-0.2, -0.15) is 0 Å². The number of hydrogen-bond acceptors (Lipinski definition) is 3. The molecule has 168 valence electrons. The molecule has 2 heterocycles. The van der Waals surface area contributed by atoms with Crippen molar-refractivity contribution in [1.29, 1.82) is 0 Å². The molecule has 5 rings (SSSR count). The molecule has 4 aromatic rings. The summed E-state index contributed by atoms with van der Waals surface area (Å²) in [4.78, 5) is 14.7. The van der Waals surface area contributed by atoms with Crippen LogP contribution in [0.1, 0.15) is 37.8 Å².